The van der Waals surface area contributed by atoms with Gasteiger partial charge >= 0.3 is 0 Å². The van der Waals surface area contributed by atoms with Crippen LogP contribution in [0.2, 0.25) is 0 Å². The molecule has 0 saturated heterocycles. The minimum atomic E-state index is -1.83. The Labute approximate surface area is 136 Å². The van der Waals surface area contributed by atoms with Crippen molar-refractivity contribution in [3.8, 4) is 12.1 Å². The summed E-state index contributed by atoms with van der Waals surface area (Å²) in [5.41, 5.74) is 1.35. The predicted octanol–water partition coefficient (Wildman–Crippen LogP) is 2.95. The molecule has 1 unspecified atom stereocenters. The van der Waals surface area contributed by atoms with Gasteiger partial charge in [-0.2, -0.15) is 14.9 Å². The molecule has 0 aliphatic heterocycles. The second-order valence-electron chi connectivity index (χ2n) is 4.63. The van der Waals surface area contributed by atoms with Gasteiger partial charge in [-0.05, 0) is 30.1 Å². The molecule has 9 heteroatoms. The van der Waals surface area contributed by atoms with E-state index in [0.29, 0.717) is 26.9 Å². The summed E-state index contributed by atoms with van der Waals surface area (Å²) in [7, 11) is -1.83. The first-order chi connectivity index (χ1) is 11.0. The van der Waals surface area contributed by atoms with Crippen LogP contribution >= 0.6 is 11.5 Å². The number of aromatic nitrogens is 2. The normalized spacial score (nSPS) is 11.8. The van der Waals surface area contributed by atoms with Crippen molar-refractivity contribution < 1.29 is 8.60 Å². The lowest BCUT2D eigenvalue weighted by molar-refractivity contribution is 0.632. The SMILES string of the molecule is Cc1cc(F)c(NS(=O)c2cc(C#N)sn2)c2[nH]cc(C#N)c12. The van der Waals surface area contributed by atoms with Crippen LogP contribution in [0.5, 0.6) is 0 Å². The summed E-state index contributed by atoms with van der Waals surface area (Å²) in [5, 5.41) is 18.6. The lowest BCUT2D eigenvalue weighted by Crippen LogP contribution is -2.07. The van der Waals surface area contributed by atoms with Gasteiger partial charge in [0.05, 0.1) is 11.1 Å². The third-order valence-corrected chi connectivity index (χ3v) is 5.00. The Morgan fingerprint density at radius 1 is 1.39 bits per heavy atom. The van der Waals surface area contributed by atoms with Crippen LogP contribution in [0.1, 0.15) is 16.0 Å². The van der Waals surface area contributed by atoms with Crippen molar-refractivity contribution in [2.45, 2.75) is 11.9 Å². The monoisotopic (exact) mass is 345 g/mol. The summed E-state index contributed by atoms with van der Waals surface area (Å²) in [6.45, 7) is 1.69. The number of halogens is 1. The molecule has 2 N–H and O–H groups in total. The van der Waals surface area contributed by atoms with Gasteiger partial charge in [0, 0.05) is 17.6 Å². The molecule has 0 saturated carbocycles. The highest BCUT2D eigenvalue weighted by Crippen LogP contribution is 2.32. The zero-order chi connectivity index (χ0) is 16.6. The van der Waals surface area contributed by atoms with Crippen molar-refractivity contribution in [2.24, 2.45) is 0 Å². The maximum absolute atomic E-state index is 14.3. The van der Waals surface area contributed by atoms with Gasteiger partial charge in [-0.3, -0.25) is 4.72 Å². The standard InChI is InChI=1S/C14H8FN5OS2/c1-7-2-10(15)13(14-12(7)8(4-16)6-18-14)20-23(21)11-3-9(5-17)22-19-11/h2-3,6,18,20H,1H3. The summed E-state index contributed by atoms with van der Waals surface area (Å²) in [5.74, 6) is -0.592. The largest absolute Gasteiger partial charge is 0.358 e. The number of hydrogen-bond donors (Lipinski definition) is 2. The highest BCUT2D eigenvalue weighted by molar-refractivity contribution is 7.86. The Morgan fingerprint density at radius 2 is 2.17 bits per heavy atom. The van der Waals surface area contributed by atoms with Gasteiger partial charge < -0.3 is 4.98 Å². The average molecular weight is 345 g/mol. The number of fused-ring (bicyclic) bond motifs is 1. The Morgan fingerprint density at radius 3 is 2.83 bits per heavy atom. The average Bonchev–Trinajstić information content (AvgIpc) is 3.17. The fraction of sp³-hybridized carbons (Fsp3) is 0.0714. The zero-order valence-corrected chi connectivity index (χ0v) is 13.3. The molecule has 1 aromatic carbocycles. The summed E-state index contributed by atoms with van der Waals surface area (Å²) in [6.07, 6.45) is 1.47. The Hall–Kier alpha value is -2.75. The van der Waals surface area contributed by atoms with Crippen molar-refractivity contribution in [3.63, 3.8) is 0 Å². The van der Waals surface area contributed by atoms with E-state index in [1.807, 2.05) is 12.1 Å². The summed E-state index contributed by atoms with van der Waals surface area (Å²) in [4.78, 5) is 3.15. The predicted molar refractivity (Wildman–Crippen MR) is 84.6 cm³/mol. The van der Waals surface area contributed by atoms with Gasteiger partial charge in [0.25, 0.3) is 0 Å². The molecule has 1 atom stereocenters. The van der Waals surface area contributed by atoms with Crippen LogP contribution in [-0.4, -0.2) is 13.6 Å². The quantitative estimate of drug-likeness (QED) is 0.761. The number of nitrogens with one attached hydrogen (secondary N) is 2. The number of nitrogens with zero attached hydrogens (tertiary/aromatic N) is 3. The number of anilines is 1. The molecule has 23 heavy (non-hydrogen) atoms. The molecular weight excluding hydrogens is 337 g/mol. The molecule has 3 aromatic rings. The summed E-state index contributed by atoms with van der Waals surface area (Å²) in [6, 6.07) is 6.59. The summed E-state index contributed by atoms with van der Waals surface area (Å²) < 4.78 is 33.0. The highest BCUT2D eigenvalue weighted by atomic mass is 32.2. The Bertz CT molecular complexity index is 1020. The van der Waals surface area contributed by atoms with Gasteiger partial charge in [0.15, 0.2) is 16.0 Å². The van der Waals surface area contributed by atoms with Crippen molar-refractivity contribution in [1.82, 2.24) is 9.36 Å². The molecule has 0 spiro atoms. The molecule has 0 fully saturated rings. The molecule has 3 rings (SSSR count). The van der Waals surface area contributed by atoms with E-state index in [4.69, 9.17) is 10.5 Å². The molecule has 0 radical (unpaired) electrons. The van der Waals surface area contributed by atoms with Crippen LogP contribution in [0.25, 0.3) is 10.9 Å². The van der Waals surface area contributed by atoms with Crippen LogP contribution in [0.15, 0.2) is 23.4 Å². The first kappa shape index (κ1) is 15.2. The van der Waals surface area contributed by atoms with Crippen LogP contribution in [0, 0.1) is 35.4 Å². The smallest absolute Gasteiger partial charge is 0.170 e. The van der Waals surface area contributed by atoms with Gasteiger partial charge in [-0.1, -0.05) is 0 Å². The van der Waals surface area contributed by atoms with Crippen LogP contribution in [-0.2, 0) is 11.0 Å². The number of aryl methyl sites for hydroxylation is 1. The van der Waals surface area contributed by atoms with Crippen molar-refractivity contribution in [3.05, 3.63) is 40.2 Å². The Balaban J connectivity index is 2.07. The zero-order valence-electron chi connectivity index (χ0n) is 11.7. The topological polar surface area (TPSA) is 105 Å². The first-order valence-corrected chi connectivity index (χ1v) is 8.23. The van der Waals surface area contributed by atoms with Gasteiger partial charge in [0.1, 0.15) is 28.5 Å². The number of nitriles is 2. The fourth-order valence-electron chi connectivity index (χ4n) is 2.22. The van der Waals surface area contributed by atoms with E-state index < -0.39 is 16.8 Å². The van der Waals surface area contributed by atoms with E-state index >= 15 is 0 Å². The maximum Gasteiger partial charge on any atom is 0.170 e. The molecule has 0 aliphatic rings. The van der Waals surface area contributed by atoms with E-state index in [1.54, 1.807) is 6.92 Å². The van der Waals surface area contributed by atoms with E-state index in [1.165, 1.54) is 18.3 Å². The van der Waals surface area contributed by atoms with Crippen LogP contribution < -0.4 is 4.72 Å². The molecule has 2 aromatic heterocycles. The van der Waals surface area contributed by atoms with Crippen molar-refractivity contribution >= 4 is 39.1 Å². The highest BCUT2D eigenvalue weighted by Gasteiger charge is 2.18. The van der Waals surface area contributed by atoms with Gasteiger partial charge in [-0.15, -0.1) is 0 Å². The first-order valence-electron chi connectivity index (χ1n) is 6.30. The van der Waals surface area contributed by atoms with E-state index in [9.17, 15) is 8.60 Å². The molecule has 114 valence electrons. The maximum atomic E-state index is 14.3. The van der Waals surface area contributed by atoms with E-state index in [-0.39, 0.29) is 10.7 Å². The third kappa shape index (κ3) is 2.57. The number of benzene rings is 1. The second kappa shape index (κ2) is 5.80. The lowest BCUT2D eigenvalue weighted by atomic mass is 10.1. The van der Waals surface area contributed by atoms with Crippen molar-refractivity contribution in [1.29, 1.82) is 10.5 Å². The number of aromatic amines is 1. The Kier molecular flexibility index (Phi) is 3.82. The molecule has 0 amide bonds. The van der Waals surface area contributed by atoms with Crippen molar-refractivity contribution in [2.75, 3.05) is 4.72 Å². The molecule has 0 aliphatic carbocycles. The van der Waals surface area contributed by atoms with Gasteiger partial charge in [-0.25, -0.2) is 8.60 Å². The minimum Gasteiger partial charge on any atom is -0.358 e. The number of rotatable bonds is 3. The second-order valence-corrected chi connectivity index (χ2v) is 6.59. The molecular formula is C14H8FN5OS2. The van der Waals surface area contributed by atoms with E-state index in [0.717, 1.165) is 11.5 Å². The van der Waals surface area contributed by atoms with Gasteiger partial charge in [0.2, 0.25) is 0 Å². The van der Waals surface area contributed by atoms with Crippen LogP contribution in [0.4, 0.5) is 10.1 Å². The minimum absolute atomic E-state index is 0.00283. The molecule has 2 heterocycles. The third-order valence-electron chi connectivity index (χ3n) is 3.21. The number of hydrogen-bond acceptors (Lipinski definition) is 5. The fourth-order valence-corrected chi connectivity index (χ4v) is 3.83. The van der Waals surface area contributed by atoms with Crippen LogP contribution in [0.3, 0.4) is 0 Å². The van der Waals surface area contributed by atoms with E-state index in [2.05, 4.69) is 14.1 Å². The molecule has 6 nitrogen and oxygen atoms in total. The number of H-pyrrole nitrogens is 1. The summed E-state index contributed by atoms with van der Waals surface area (Å²) >= 11 is 0.918. The lowest BCUT2D eigenvalue weighted by Gasteiger charge is -2.09. The molecule has 0 bridgehead atoms.